The first-order valence-electron chi connectivity index (χ1n) is 7.64. The Morgan fingerprint density at radius 2 is 2.04 bits per heavy atom. The summed E-state index contributed by atoms with van der Waals surface area (Å²) in [5.74, 6) is -0.339. The largest absolute Gasteiger partial charge is 0.312 e. The predicted molar refractivity (Wildman–Crippen MR) is 97.2 cm³/mol. The van der Waals surface area contributed by atoms with Crippen LogP contribution in [-0.4, -0.2) is 28.6 Å². The lowest BCUT2D eigenvalue weighted by Gasteiger charge is -2.16. The number of aromatic nitrogens is 2. The molecule has 1 aromatic carbocycles. The molecule has 1 atom stereocenters. The molecule has 1 aliphatic heterocycles. The van der Waals surface area contributed by atoms with Gasteiger partial charge < -0.3 is 10.2 Å². The van der Waals surface area contributed by atoms with Gasteiger partial charge in [-0.3, -0.25) is 9.59 Å². The summed E-state index contributed by atoms with van der Waals surface area (Å²) >= 11 is 4.74. The van der Waals surface area contributed by atoms with Gasteiger partial charge in [-0.1, -0.05) is 41.1 Å². The Bertz CT molecular complexity index is 760. The second kappa shape index (κ2) is 6.98. The van der Waals surface area contributed by atoms with Crippen molar-refractivity contribution >= 4 is 49.9 Å². The van der Waals surface area contributed by atoms with Gasteiger partial charge in [-0.2, -0.15) is 0 Å². The fourth-order valence-electron chi connectivity index (χ4n) is 2.48. The fourth-order valence-corrected chi connectivity index (χ4v) is 3.49. The average Bonchev–Trinajstić information content (AvgIpc) is 3.15. The van der Waals surface area contributed by atoms with E-state index in [2.05, 4.69) is 31.4 Å². The number of nitrogens with zero attached hydrogens (tertiary/aromatic N) is 3. The van der Waals surface area contributed by atoms with E-state index in [9.17, 15) is 9.59 Å². The summed E-state index contributed by atoms with van der Waals surface area (Å²) in [6.07, 6.45) is 0.206. The van der Waals surface area contributed by atoms with E-state index in [0.29, 0.717) is 11.7 Å². The smallest absolute Gasteiger partial charge is 0.231 e. The van der Waals surface area contributed by atoms with E-state index in [1.54, 1.807) is 4.90 Å². The van der Waals surface area contributed by atoms with Gasteiger partial charge in [0.05, 0.1) is 5.92 Å². The van der Waals surface area contributed by atoms with Crippen LogP contribution in [0.2, 0.25) is 0 Å². The molecule has 0 saturated carbocycles. The van der Waals surface area contributed by atoms with Crippen molar-refractivity contribution in [1.82, 2.24) is 10.2 Å². The zero-order valence-corrected chi connectivity index (χ0v) is 15.7. The van der Waals surface area contributed by atoms with Gasteiger partial charge in [0.2, 0.25) is 16.9 Å². The maximum absolute atomic E-state index is 12.4. The number of nitrogens with one attached hydrogen (secondary N) is 1. The minimum Gasteiger partial charge on any atom is -0.312 e. The van der Waals surface area contributed by atoms with Crippen molar-refractivity contribution in [2.75, 3.05) is 16.8 Å². The number of amides is 2. The summed E-state index contributed by atoms with van der Waals surface area (Å²) in [6, 6.07) is 7.49. The second-order valence-corrected chi connectivity index (χ2v) is 7.90. The molecule has 2 aromatic rings. The maximum atomic E-state index is 12.4. The summed E-state index contributed by atoms with van der Waals surface area (Å²) in [5.41, 5.74) is 0.802. The molecule has 1 aliphatic rings. The van der Waals surface area contributed by atoms with Crippen molar-refractivity contribution in [3.8, 4) is 0 Å². The van der Waals surface area contributed by atoms with Crippen molar-refractivity contribution in [1.29, 1.82) is 0 Å². The van der Waals surface area contributed by atoms with Crippen LogP contribution in [0.1, 0.15) is 31.2 Å². The third-order valence-corrected chi connectivity index (χ3v) is 5.47. The summed E-state index contributed by atoms with van der Waals surface area (Å²) in [4.78, 5) is 26.3. The molecule has 126 valence electrons. The Kier molecular flexibility index (Phi) is 4.96. The number of carbonyl (C=O) groups excluding carboxylic acids is 2. The van der Waals surface area contributed by atoms with E-state index >= 15 is 0 Å². The zero-order valence-electron chi connectivity index (χ0n) is 13.3. The van der Waals surface area contributed by atoms with E-state index < -0.39 is 0 Å². The Morgan fingerprint density at radius 1 is 1.33 bits per heavy atom. The van der Waals surface area contributed by atoms with Crippen LogP contribution >= 0.6 is 27.3 Å². The topological polar surface area (TPSA) is 75.2 Å². The van der Waals surface area contributed by atoms with Crippen molar-refractivity contribution in [3.63, 3.8) is 0 Å². The van der Waals surface area contributed by atoms with E-state index in [4.69, 9.17) is 0 Å². The Hall–Kier alpha value is -1.80. The van der Waals surface area contributed by atoms with Crippen molar-refractivity contribution in [2.24, 2.45) is 5.92 Å². The SMILES string of the molecule is CC(C)c1nnc(NC(=O)C2CC(=O)N(c3ccc(Br)cc3)C2)s1. The fraction of sp³-hybridized carbons (Fsp3) is 0.375. The Balaban J connectivity index is 1.66. The van der Waals surface area contributed by atoms with E-state index in [1.165, 1.54) is 11.3 Å². The highest BCUT2D eigenvalue weighted by Crippen LogP contribution is 2.28. The molecule has 1 fully saturated rings. The molecule has 0 radical (unpaired) electrons. The lowest BCUT2D eigenvalue weighted by Crippen LogP contribution is -2.28. The molecule has 0 bridgehead atoms. The summed E-state index contributed by atoms with van der Waals surface area (Å²) in [5, 5.41) is 12.2. The van der Waals surface area contributed by atoms with Crippen LogP contribution < -0.4 is 10.2 Å². The molecule has 2 amide bonds. The second-order valence-electron chi connectivity index (χ2n) is 5.97. The molecule has 0 aliphatic carbocycles. The van der Waals surface area contributed by atoms with Crippen LogP contribution in [0.3, 0.4) is 0 Å². The molecule has 3 rings (SSSR count). The van der Waals surface area contributed by atoms with Crippen LogP contribution in [-0.2, 0) is 9.59 Å². The average molecular weight is 409 g/mol. The number of benzene rings is 1. The highest BCUT2D eigenvalue weighted by atomic mass is 79.9. The van der Waals surface area contributed by atoms with Gasteiger partial charge in [0.15, 0.2) is 0 Å². The maximum Gasteiger partial charge on any atom is 0.231 e. The third kappa shape index (κ3) is 3.64. The van der Waals surface area contributed by atoms with Gasteiger partial charge in [-0.15, -0.1) is 10.2 Å². The number of halogens is 1. The molecule has 1 unspecified atom stereocenters. The molecule has 8 heteroatoms. The van der Waals surface area contributed by atoms with Crippen molar-refractivity contribution in [2.45, 2.75) is 26.2 Å². The van der Waals surface area contributed by atoms with Crippen LogP contribution in [0.25, 0.3) is 0 Å². The lowest BCUT2D eigenvalue weighted by molar-refractivity contribution is -0.122. The molecule has 2 heterocycles. The highest BCUT2D eigenvalue weighted by molar-refractivity contribution is 9.10. The zero-order chi connectivity index (χ0) is 17.3. The van der Waals surface area contributed by atoms with Crippen LogP contribution in [0.15, 0.2) is 28.7 Å². The van der Waals surface area contributed by atoms with E-state index in [0.717, 1.165) is 15.2 Å². The first-order chi connectivity index (χ1) is 11.4. The molecular weight excluding hydrogens is 392 g/mol. The standard InChI is InChI=1S/C16H17BrN4O2S/c1-9(2)15-19-20-16(24-15)18-14(23)10-7-13(22)21(8-10)12-5-3-11(17)4-6-12/h3-6,9-10H,7-8H2,1-2H3,(H,18,20,23). The van der Waals surface area contributed by atoms with Crippen LogP contribution in [0, 0.1) is 5.92 Å². The van der Waals surface area contributed by atoms with Gasteiger partial charge in [-0.05, 0) is 24.3 Å². The molecule has 1 saturated heterocycles. The lowest BCUT2D eigenvalue weighted by atomic mass is 10.1. The van der Waals surface area contributed by atoms with Gasteiger partial charge in [0.1, 0.15) is 5.01 Å². The van der Waals surface area contributed by atoms with E-state index in [-0.39, 0.29) is 30.1 Å². The van der Waals surface area contributed by atoms with E-state index in [1.807, 2.05) is 38.1 Å². The van der Waals surface area contributed by atoms with Gasteiger partial charge in [-0.25, -0.2) is 0 Å². The minimum atomic E-state index is -0.382. The summed E-state index contributed by atoms with van der Waals surface area (Å²) in [6.45, 7) is 4.43. The van der Waals surface area contributed by atoms with Crippen molar-refractivity contribution < 1.29 is 9.59 Å². The van der Waals surface area contributed by atoms with Gasteiger partial charge in [0, 0.05) is 29.0 Å². The first kappa shape index (κ1) is 17.0. The molecule has 1 aromatic heterocycles. The third-order valence-electron chi connectivity index (χ3n) is 3.80. The van der Waals surface area contributed by atoms with Crippen LogP contribution in [0.5, 0.6) is 0 Å². The summed E-state index contributed by atoms with van der Waals surface area (Å²) in [7, 11) is 0. The molecule has 6 nitrogen and oxygen atoms in total. The Morgan fingerprint density at radius 3 is 2.67 bits per heavy atom. The summed E-state index contributed by atoms with van der Waals surface area (Å²) < 4.78 is 0.949. The number of rotatable bonds is 4. The Labute approximate surface area is 152 Å². The number of anilines is 2. The minimum absolute atomic E-state index is 0.0439. The molecule has 0 spiro atoms. The highest BCUT2D eigenvalue weighted by Gasteiger charge is 2.35. The monoisotopic (exact) mass is 408 g/mol. The molecule has 24 heavy (non-hydrogen) atoms. The quantitative estimate of drug-likeness (QED) is 0.840. The number of carbonyl (C=O) groups is 2. The van der Waals surface area contributed by atoms with Crippen LogP contribution in [0.4, 0.5) is 10.8 Å². The number of hydrogen-bond donors (Lipinski definition) is 1. The number of hydrogen-bond acceptors (Lipinski definition) is 5. The first-order valence-corrected chi connectivity index (χ1v) is 9.25. The molecule has 1 N–H and O–H groups in total. The predicted octanol–water partition coefficient (Wildman–Crippen LogP) is 3.42. The van der Waals surface area contributed by atoms with Gasteiger partial charge >= 0.3 is 0 Å². The van der Waals surface area contributed by atoms with Gasteiger partial charge in [0.25, 0.3) is 0 Å². The molecular formula is C16H17BrN4O2S. The normalized spacial score (nSPS) is 17.6. The van der Waals surface area contributed by atoms with Crippen molar-refractivity contribution in [3.05, 3.63) is 33.7 Å².